The molecule has 1 N–H and O–H groups in total. The first-order chi connectivity index (χ1) is 16.2. The van der Waals surface area contributed by atoms with Gasteiger partial charge in [-0.15, -0.1) is 0 Å². The lowest BCUT2D eigenvalue weighted by Gasteiger charge is -2.12. The smallest absolute Gasteiger partial charge is 0.435 e. The molecular weight excluding hydrogens is 490 g/mol. The Morgan fingerprint density at radius 2 is 1.71 bits per heavy atom. The molecule has 3 aromatic carbocycles. The van der Waals surface area contributed by atoms with Crippen molar-refractivity contribution >= 4 is 34.8 Å². The van der Waals surface area contributed by atoms with Gasteiger partial charge in [-0.05, 0) is 48.5 Å². The predicted molar refractivity (Wildman–Crippen MR) is 125 cm³/mol. The summed E-state index contributed by atoms with van der Waals surface area (Å²) in [5.74, 6) is -0.0135. The van der Waals surface area contributed by atoms with E-state index < -0.39 is 17.8 Å². The molecule has 5 nitrogen and oxygen atoms in total. The van der Waals surface area contributed by atoms with Crippen molar-refractivity contribution < 1.29 is 22.7 Å². The predicted octanol–water partition coefficient (Wildman–Crippen LogP) is 7.13. The zero-order chi connectivity index (χ0) is 24.5. The Bertz CT molecular complexity index is 1350. The minimum absolute atomic E-state index is 0.170. The number of nitrogens with one attached hydrogen (secondary N) is 1. The molecule has 1 aromatic heterocycles. The fraction of sp³-hybridized carbons (Fsp3) is 0.0833. The molecule has 4 rings (SSSR count). The van der Waals surface area contributed by atoms with Crippen molar-refractivity contribution in [2.75, 3.05) is 12.4 Å². The molecule has 0 fully saturated rings. The number of rotatable bonds is 5. The van der Waals surface area contributed by atoms with Crippen LogP contribution in [0.5, 0.6) is 5.75 Å². The van der Waals surface area contributed by atoms with Crippen LogP contribution in [0.2, 0.25) is 10.0 Å². The topological polar surface area (TPSA) is 56.1 Å². The normalized spacial score (nSPS) is 11.4. The molecule has 0 aliphatic rings. The number of benzene rings is 3. The summed E-state index contributed by atoms with van der Waals surface area (Å²) in [4.78, 5) is 12.7. The third-order valence-corrected chi connectivity index (χ3v) is 5.49. The van der Waals surface area contributed by atoms with Crippen molar-refractivity contribution in [1.29, 1.82) is 0 Å². The molecule has 0 unspecified atom stereocenters. The number of alkyl halides is 3. The highest BCUT2D eigenvalue weighted by Crippen LogP contribution is 2.35. The highest BCUT2D eigenvalue weighted by atomic mass is 35.5. The van der Waals surface area contributed by atoms with Crippen LogP contribution in [0, 0.1) is 0 Å². The maximum absolute atomic E-state index is 13.4. The van der Waals surface area contributed by atoms with Crippen LogP contribution in [0.25, 0.3) is 16.9 Å². The van der Waals surface area contributed by atoms with E-state index in [1.54, 1.807) is 42.5 Å². The van der Waals surface area contributed by atoms with Gasteiger partial charge >= 0.3 is 6.18 Å². The van der Waals surface area contributed by atoms with Gasteiger partial charge in [-0.2, -0.15) is 18.3 Å². The van der Waals surface area contributed by atoms with E-state index >= 15 is 0 Å². The summed E-state index contributed by atoms with van der Waals surface area (Å²) in [5.41, 5.74) is 0.492. The zero-order valence-electron chi connectivity index (χ0n) is 17.5. The molecule has 34 heavy (non-hydrogen) atoms. The SMILES string of the molecule is COc1ccc(Cl)cc1NC(=O)c1ccc(-c2cc(C(F)(F)F)nn2-c2ccccc2Cl)cc1. The Balaban J connectivity index is 1.68. The zero-order valence-corrected chi connectivity index (χ0v) is 19.0. The van der Waals surface area contributed by atoms with Gasteiger partial charge in [-0.1, -0.05) is 47.5 Å². The number of hydrogen-bond acceptors (Lipinski definition) is 3. The van der Waals surface area contributed by atoms with Gasteiger partial charge < -0.3 is 10.1 Å². The number of amides is 1. The van der Waals surface area contributed by atoms with Gasteiger partial charge in [0.2, 0.25) is 0 Å². The average Bonchev–Trinajstić information content (AvgIpc) is 3.25. The molecule has 0 atom stereocenters. The molecule has 0 spiro atoms. The van der Waals surface area contributed by atoms with E-state index in [1.807, 2.05) is 0 Å². The lowest BCUT2D eigenvalue weighted by molar-refractivity contribution is -0.141. The number of ether oxygens (including phenoxy) is 1. The van der Waals surface area contributed by atoms with Crippen LogP contribution < -0.4 is 10.1 Å². The van der Waals surface area contributed by atoms with Crippen LogP contribution in [-0.4, -0.2) is 22.8 Å². The first kappa shape index (κ1) is 23.7. The van der Waals surface area contributed by atoms with Crippen molar-refractivity contribution in [2.45, 2.75) is 6.18 Å². The molecule has 0 aliphatic carbocycles. The Morgan fingerprint density at radius 1 is 1.00 bits per heavy atom. The van der Waals surface area contributed by atoms with E-state index in [2.05, 4.69) is 10.4 Å². The van der Waals surface area contributed by atoms with Crippen LogP contribution in [0.3, 0.4) is 0 Å². The first-order valence-corrected chi connectivity index (χ1v) is 10.6. The van der Waals surface area contributed by atoms with E-state index in [0.717, 1.165) is 10.7 Å². The van der Waals surface area contributed by atoms with E-state index in [4.69, 9.17) is 27.9 Å². The summed E-state index contributed by atoms with van der Waals surface area (Å²) in [5, 5.41) is 7.10. The molecule has 0 bridgehead atoms. The van der Waals surface area contributed by atoms with Gasteiger partial charge in [-0.3, -0.25) is 4.79 Å². The minimum Gasteiger partial charge on any atom is -0.495 e. The van der Waals surface area contributed by atoms with Crippen molar-refractivity contribution in [3.63, 3.8) is 0 Å². The highest BCUT2D eigenvalue weighted by Gasteiger charge is 2.35. The third-order valence-electron chi connectivity index (χ3n) is 4.93. The van der Waals surface area contributed by atoms with Gasteiger partial charge in [0, 0.05) is 16.1 Å². The molecule has 10 heteroatoms. The Labute approximate surface area is 202 Å². The molecule has 0 saturated carbocycles. The van der Waals surface area contributed by atoms with Crippen molar-refractivity contribution in [3.8, 4) is 22.7 Å². The Morgan fingerprint density at radius 3 is 2.35 bits per heavy atom. The van der Waals surface area contributed by atoms with E-state index in [9.17, 15) is 18.0 Å². The van der Waals surface area contributed by atoms with Crippen molar-refractivity contribution in [2.24, 2.45) is 0 Å². The quantitative estimate of drug-likeness (QED) is 0.314. The number of methoxy groups -OCH3 is 1. The fourth-order valence-electron chi connectivity index (χ4n) is 3.30. The number of carbonyl (C=O) groups is 1. The van der Waals surface area contributed by atoms with Crippen molar-refractivity contribution in [1.82, 2.24) is 9.78 Å². The summed E-state index contributed by atoms with van der Waals surface area (Å²) < 4.78 is 46.6. The van der Waals surface area contributed by atoms with Gasteiger partial charge in [-0.25, -0.2) is 4.68 Å². The monoisotopic (exact) mass is 505 g/mol. The van der Waals surface area contributed by atoms with Crippen molar-refractivity contribution in [3.05, 3.63) is 94.1 Å². The number of aromatic nitrogens is 2. The summed E-state index contributed by atoms with van der Waals surface area (Å²) >= 11 is 12.2. The Hall–Kier alpha value is -3.49. The number of para-hydroxylation sites is 1. The lowest BCUT2D eigenvalue weighted by atomic mass is 10.1. The van der Waals surface area contributed by atoms with Gasteiger partial charge in [0.1, 0.15) is 5.75 Å². The van der Waals surface area contributed by atoms with Gasteiger partial charge in [0.25, 0.3) is 5.91 Å². The van der Waals surface area contributed by atoms with Crippen LogP contribution in [0.15, 0.2) is 72.8 Å². The lowest BCUT2D eigenvalue weighted by Crippen LogP contribution is -2.12. The molecule has 0 radical (unpaired) electrons. The second kappa shape index (κ2) is 9.40. The number of halogens is 5. The van der Waals surface area contributed by atoms with E-state index in [-0.39, 0.29) is 16.3 Å². The third kappa shape index (κ3) is 4.88. The molecule has 0 aliphatic heterocycles. The van der Waals surface area contributed by atoms with Crippen LogP contribution in [-0.2, 0) is 6.18 Å². The van der Waals surface area contributed by atoms with Gasteiger partial charge in [0.15, 0.2) is 5.69 Å². The standard InChI is InChI=1S/C24H16Cl2F3N3O2/c1-34-21-11-10-16(25)12-18(21)30-23(33)15-8-6-14(7-9-15)20-13-22(24(27,28)29)31-32(20)19-5-3-2-4-17(19)26/h2-13H,1H3,(H,30,33). The highest BCUT2D eigenvalue weighted by molar-refractivity contribution is 6.32. The molecular formula is C24H16Cl2F3N3O2. The summed E-state index contributed by atoms with van der Waals surface area (Å²) in [6.45, 7) is 0. The van der Waals surface area contributed by atoms with Gasteiger partial charge in [0.05, 0.1) is 29.2 Å². The molecule has 174 valence electrons. The number of nitrogens with zero attached hydrogens (tertiary/aromatic N) is 2. The first-order valence-electron chi connectivity index (χ1n) is 9.85. The summed E-state index contributed by atoms with van der Waals surface area (Å²) in [6, 6.07) is 18.3. The van der Waals surface area contributed by atoms with E-state index in [1.165, 1.54) is 31.4 Å². The van der Waals surface area contributed by atoms with Crippen LogP contribution >= 0.6 is 23.2 Å². The molecule has 0 saturated heterocycles. The minimum atomic E-state index is -4.64. The summed E-state index contributed by atoms with van der Waals surface area (Å²) in [6.07, 6.45) is -4.64. The average molecular weight is 506 g/mol. The van der Waals surface area contributed by atoms with Crippen LogP contribution in [0.1, 0.15) is 16.1 Å². The largest absolute Gasteiger partial charge is 0.495 e. The number of anilines is 1. The van der Waals surface area contributed by atoms with Crippen LogP contribution in [0.4, 0.5) is 18.9 Å². The second-order valence-corrected chi connectivity index (χ2v) is 8.00. The maximum atomic E-state index is 13.4. The number of carbonyl (C=O) groups excluding carboxylic acids is 1. The Kier molecular flexibility index (Phi) is 6.54. The molecule has 4 aromatic rings. The number of hydrogen-bond donors (Lipinski definition) is 1. The molecule has 1 amide bonds. The maximum Gasteiger partial charge on any atom is 0.435 e. The second-order valence-electron chi connectivity index (χ2n) is 7.15. The fourth-order valence-corrected chi connectivity index (χ4v) is 3.69. The van der Waals surface area contributed by atoms with E-state index in [0.29, 0.717) is 27.7 Å². The summed E-state index contributed by atoms with van der Waals surface area (Å²) in [7, 11) is 1.46. The molecule has 1 heterocycles.